The Hall–Kier alpha value is -2.58. The van der Waals surface area contributed by atoms with Gasteiger partial charge in [0.15, 0.2) is 0 Å². The number of para-hydroxylation sites is 1. The molecule has 24 heavy (non-hydrogen) atoms. The first kappa shape index (κ1) is 19.5. The smallest absolute Gasteiger partial charge is 0.115 e. The number of aromatic hydroxyl groups is 1. The van der Waals surface area contributed by atoms with E-state index in [1.807, 2.05) is 32.0 Å². The second-order valence-electron chi connectivity index (χ2n) is 4.85. The van der Waals surface area contributed by atoms with Gasteiger partial charge in [0.1, 0.15) is 5.75 Å². The summed E-state index contributed by atoms with van der Waals surface area (Å²) in [4.78, 5) is 0. The van der Waals surface area contributed by atoms with Crippen molar-refractivity contribution in [3.05, 3.63) is 91.0 Å². The van der Waals surface area contributed by atoms with Crippen LogP contribution in [0.5, 0.6) is 5.75 Å². The number of phenolic OH excluding ortho intramolecular Hbond substituents is 1. The molecule has 0 saturated heterocycles. The van der Waals surface area contributed by atoms with Gasteiger partial charge in [-0.1, -0.05) is 78.9 Å². The van der Waals surface area contributed by atoms with Crippen LogP contribution in [0, 0.1) is 0 Å². The average Bonchev–Trinajstić information content (AvgIpc) is 2.66. The van der Waals surface area contributed by atoms with Crippen LogP contribution in [0.25, 0.3) is 11.1 Å². The monoisotopic (exact) mass is 322 g/mol. The minimum atomic E-state index is 0.322. The van der Waals surface area contributed by atoms with E-state index in [9.17, 15) is 0 Å². The lowest BCUT2D eigenvalue weighted by Crippen LogP contribution is -1.84. The highest BCUT2D eigenvalue weighted by Gasteiger charge is 1.91. The fraction of sp³-hybridized carbons (Fsp3) is 0.182. The highest BCUT2D eigenvalue weighted by Crippen LogP contribution is 2.17. The van der Waals surface area contributed by atoms with E-state index < -0.39 is 0 Å². The van der Waals surface area contributed by atoms with E-state index in [0.717, 1.165) is 13.2 Å². The first-order chi connectivity index (χ1) is 11.8. The van der Waals surface area contributed by atoms with Gasteiger partial charge in [0.25, 0.3) is 0 Å². The van der Waals surface area contributed by atoms with E-state index in [-0.39, 0.29) is 0 Å². The Labute approximate surface area is 145 Å². The van der Waals surface area contributed by atoms with Crippen molar-refractivity contribution in [3.63, 3.8) is 0 Å². The second-order valence-corrected chi connectivity index (χ2v) is 4.85. The van der Waals surface area contributed by atoms with Gasteiger partial charge in [-0.05, 0) is 37.1 Å². The summed E-state index contributed by atoms with van der Waals surface area (Å²) in [6.45, 7) is 5.67. The summed E-state index contributed by atoms with van der Waals surface area (Å²) in [7, 11) is 0. The van der Waals surface area contributed by atoms with E-state index in [4.69, 9.17) is 9.84 Å². The molecule has 3 aromatic rings. The maximum atomic E-state index is 8.63. The molecule has 0 aliphatic heterocycles. The van der Waals surface area contributed by atoms with Crippen LogP contribution in [-0.4, -0.2) is 18.3 Å². The zero-order valence-electron chi connectivity index (χ0n) is 14.4. The number of benzene rings is 3. The summed E-state index contributed by atoms with van der Waals surface area (Å²) in [5, 5.41) is 8.63. The van der Waals surface area contributed by atoms with Crippen LogP contribution < -0.4 is 0 Å². The zero-order chi connectivity index (χ0) is 17.5. The van der Waals surface area contributed by atoms with E-state index in [1.54, 1.807) is 24.3 Å². The lowest BCUT2D eigenvalue weighted by Gasteiger charge is -1.98. The van der Waals surface area contributed by atoms with Crippen LogP contribution >= 0.6 is 0 Å². The summed E-state index contributed by atoms with van der Waals surface area (Å²) < 4.78 is 4.83. The molecule has 2 heteroatoms. The summed E-state index contributed by atoms with van der Waals surface area (Å²) in [5.74, 6) is 0.322. The molecule has 3 aromatic carbocycles. The van der Waals surface area contributed by atoms with Gasteiger partial charge in [-0.25, -0.2) is 0 Å². The number of ether oxygens (including phenoxy) is 1. The highest BCUT2D eigenvalue weighted by atomic mass is 16.5. The molecule has 1 N–H and O–H groups in total. The van der Waals surface area contributed by atoms with Crippen molar-refractivity contribution < 1.29 is 9.84 Å². The number of hydrogen-bond donors (Lipinski definition) is 1. The minimum absolute atomic E-state index is 0.322. The van der Waals surface area contributed by atoms with Gasteiger partial charge in [0, 0.05) is 13.2 Å². The molecule has 0 radical (unpaired) electrons. The van der Waals surface area contributed by atoms with Crippen LogP contribution in [0.1, 0.15) is 13.8 Å². The maximum Gasteiger partial charge on any atom is 0.115 e. The summed E-state index contributed by atoms with van der Waals surface area (Å²) in [6, 6.07) is 29.5. The summed E-state index contributed by atoms with van der Waals surface area (Å²) in [5.41, 5.74) is 2.55. The zero-order valence-corrected chi connectivity index (χ0v) is 14.4. The van der Waals surface area contributed by atoms with Crippen molar-refractivity contribution in [1.29, 1.82) is 0 Å². The fourth-order valence-electron chi connectivity index (χ4n) is 1.89. The molecule has 2 nitrogen and oxygen atoms in total. The molecule has 0 bridgehead atoms. The number of hydrogen-bond acceptors (Lipinski definition) is 2. The van der Waals surface area contributed by atoms with Crippen LogP contribution in [0.4, 0.5) is 0 Å². The molecule has 0 unspecified atom stereocenters. The number of phenols is 1. The molecular weight excluding hydrogens is 296 g/mol. The lowest BCUT2D eigenvalue weighted by atomic mass is 10.1. The van der Waals surface area contributed by atoms with E-state index in [1.165, 1.54) is 11.1 Å². The summed E-state index contributed by atoms with van der Waals surface area (Å²) in [6.07, 6.45) is 0. The molecule has 0 aliphatic carbocycles. The first-order valence-corrected chi connectivity index (χ1v) is 8.20. The van der Waals surface area contributed by atoms with Crippen molar-refractivity contribution in [2.75, 3.05) is 13.2 Å². The van der Waals surface area contributed by atoms with E-state index in [2.05, 4.69) is 48.5 Å². The second kappa shape index (κ2) is 12.9. The van der Waals surface area contributed by atoms with Crippen molar-refractivity contribution in [3.8, 4) is 16.9 Å². The molecule has 3 rings (SSSR count). The van der Waals surface area contributed by atoms with Crippen molar-refractivity contribution in [1.82, 2.24) is 0 Å². The molecule has 0 atom stereocenters. The predicted molar refractivity (Wildman–Crippen MR) is 102 cm³/mol. The molecule has 0 aliphatic rings. The molecule has 0 amide bonds. The van der Waals surface area contributed by atoms with Gasteiger partial charge in [-0.3, -0.25) is 0 Å². The number of rotatable bonds is 3. The average molecular weight is 322 g/mol. The quantitative estimate of drug-likeness (QED) is 0.661. The van der Waals surface area contributed by atoms with Gasteiger partial charge >= 0.3 is 0 Å². The van der Waals surface area contributed by atoms with Crippen LogP contribution in [0.2, 0.25) is 0 Å². The Morgan fingerprint density at radius 2 is 0.917 bits per heavy atom. The molecule has 0 fully saturated rings. The first-order valence-electron chi connectivity index (χ1n) is 8.20. The molecular formula is C22H26O2. The molecule has 0 spiro atoms. The largest absolute Gasteiger partial charge is 0.508 e. The Morgan fingerprint density at radius 1 is 0.583 bits per heavy atom. The minimum Gasteiger partial charge on any atom is -0.508 e. The highest BCUT2D eigenvalue weighted by molar-refractivity contribution is 5.62. The third kappa shape index (κ3) is 8.76. The van der Waals surface area contributed by atoms with Gasteiger partial charge in [-0.15, -0.1) is 0 Å². The fourth-order valence-corrected chi connectivity index (χ4v) is 1.89. The van der Waals surface area contributed by atoms with Crippen LogP contribution in [0.15, 0.2) is 91.0 Å². The van der Waals surface area contributed by atoms with Crippen molar-refractivity contribution in [2.45, 2.75) is 13.8 Å². The van der Waals surface area contributed by atoms with Crippen LogP contribution in [0.3, 0.4) is 0 Å². The molecule has 0 saturated carbocycles. The Bertz CT molecular complexity index is 582. The van der Waals surface area contributed by atoms with Crippen molar-refractivity contribution in [2.24, 2.45) is 0 Å². The maximum absolute atomic E-state index is 8.63. The topological polar surface area (TPSA) is 29.5 Å². The third-order valence-electron chi connectivity index (χ3n) is 3.05. The van der Waals surface area contributed by atoms with E-state index in [0.29, 0.717) is 5.75 Å². The van der Waals surface area contributed by atoms with Crippen LogP contribution in [-0.2, 0) is 4.74 Å². The SMILES string of the molecule is CCOCC.Oc1ccccc1.c1ccc(-c2ccccc2)cc1. The molecule has 0 aromatic heterocycles. The predicted octanol–water partition coefficient (Wildman–Crippen LogP) is 5.79. The molecule has 0 heterocycles. The third-order valence-corrected chi connectivity index (χ3v) is 3.05. The lowest BCUT2D eigenvalue weighted by molar-refractivity contribution is 0.162. The Balaban J connectivity index is 0.000000205. The molecule has 126 valence electrons. The Kier molecular flexibility index (Phi) is 10.5. The Morgan fingerprint density at radius 3 is 1.12 bits per heavy atom. The van der Waals surface area contributed by atoms with Gasteiger partial charge in [0.05, 0.1) is 0 Å². The van der Waals surface area contributed by atoms with Gasteiger partial charge in [0.2, 0.25) is 0 Å². The van der Waals surface area contributed by atoms with Gasteiger partial charge < -0.3 is 9.84 Å². The standard InChI is InChI=1S/C12H10.C6H6O.C4H10O/c1-3-7-11(8-4-1)12-9-5-2-6-10-12;7-6-4-2-1-3-5-6;1-3-5-4-2/h1-10H;1-5,7H;3-4H2,1-2H3. The van der Waals surface area contributed by atoms with Gasteiger partial charge in [-0.2, -0.15) is 0 Å². The summed E-state index contributed by atoms with van der Waals surface area (Å²) >= 11 is 0. The normalized spacial score (nSPS) is 9.08. The van der Waals surface area contributed by atoms with Crippen molar-refractivity contribution >= 4 is 0 Å². The van der Waals surface area contributed by atoms with E-state index >= 15 is 0 Å².